The highest BCUT2D eigenvalue weighted by molar-refractivity contribution is 5.51. The van der Waals surface area contributed by atoms with Gasteiger partial charge in [0.15, 0.2) is 0 Å². The summed E-state index contributed by atoms with van der Waals surface area (Å²) >= 11 is 0. The fraction of sp³-hybridized carbons (Fsp3) is 0.571. The zero-order valence-electron chi connectivity index (χ0n) is 9.86. The molecule has 0 bridgehead atoms. The third-order valence-electron chi connectivity index (χ3n) is 3.72. The van der Waals surface area contributed by atoms with Crippen LogP contribution in [-0.4, -0.2) is 12.2 Å². The van der Waals surface area contributed by atoms with E-state index in [4.69, 9.17) is 4.74 Å². The minimum absolute atomic E-state index is 0.0291. The molecule has 0 amide bonds. The lowest BCUT2D eigenvalue weighted by atomic mass is 9.82. The Kier molecular flexibility index (Phi) is 2.59. The first kappa shape index (κ1) is 10.7. The van der Waals surface area contributed by atoms with Gasteiger partial charge in [-0.25, -0.2) is 0 Å². The summed E-state index contributed by atoms with van der Waals surface area (Å²) in [5.74, 6) is 0. The van der Waals surface area contributed by atoms with Crippen molar-refractivity contribution >= 4 is 0 Å². The molecule has 1 spiro atoms. The summed E-state index contributed by atoms with van der Waals surface area (Å²) in [5, 5.41) is 0. The number of hydrogen-bond donors (Lipinski definition) is 0. The second-order valence-electron chi connectivity index (χ2n) is 4.68. The van der Waals surface area contributed by atoms with Crippen molar-refractivity contribution in [2.24, 2.45) is 0 Å². The van der Waals surface area contributed by atoms with E-state index in [0.29, 0.717) is 0 Å². The maximum absolute atomic E-state index is 5.84. The molecule has 1 atom stereocenters. The van der Waals surface area contributed by atoms with Gasteiger partial charge in [-0.05, 0) is 42.9 Å². The molecule has 1 unspecified atom stereocenters. The Balaban J connectivity index is 2.41. The van der Waals surface area contributed by atoms with Crippen LogP contribution in [0, 0.1) is 0 Å². The third-order valence-corrected chi connectivity index (χ3v) is 3.72. The maximum Gasteiger partial charge on any atom is 0.0961 e. The van der Waals surface area contributed by atoms with Crippen LogP contribution in [0.5, 0.6) is 0 Å². The summed E-state index contributed by atoms with van der Waals surface area (Å²) in [6.07, 6.45) is 4.42. The average molecular weight is 204 g/mol. The molecule has 0 radical (unpaired) electrons. The summed E-state index contributed by atoms with van der Waals surface area (Å²) in [6.45, 7) is 13.4. The molecule has 1 heteroatoms. The quantitative estimate of drug-likeness (QED) is 0.680. The van der Waals surface area contributed by atoms with Crippen LogP contribution in [0.2, 0.25) is 0 Å². The molecule has 1 aliphatic carbocycles. The molecule has 82 valence electrons. The van der Waals surface area contributed by atoms with Crippen LogP contribution in [0.1, 0.15) is 39.5 Å². The van der Waals surface area contributed by atoms with Gasteiger partial charge in [-0.15, -0.1) is 0 Å². The van der Waals surface area contributed by atoms with Gasteiger partial charge in [-0.2, -0.15) is 0 Å². The molecule has 15 heavy (non-hydrogen) atoms. The van der Waals surface area contributed by atoms with Crippen molar-refractivity contribution in [2.45, 2.75) is 45.1 Å². The Bertz CT molecular complexity index is 342. The number of allylic oxidation sites excluding steroid dienone is 2. The first-order valence-corrected chi connectivity index (χ1v) is 5.82. The molecule has 1 saturated heterocycles. The molecule has 0 aromatic heterocycles. The molecule has 0 aromatic carbocycles. The van der Waals surface area contributed by atoms with E-state index in [1.807, 2.05) is 0 Å². The van der Waals surface area contributed by atoms with Crippen LogP contribution in [-0.2, 0) is 4.74 Å². The Morgan fingerprint density at radius 3 is 2.47 bits per heavy atom. The molecule has 2 rings (SSSR count). The van der Waals surface area contributed by atoms with E-state index in [9.17, 15) is 0 Å². The molecule has 1 heterocycles. The minimum Gasteiger partial charge on any atom is -0.370 e. The Labute approximate surface area is 92.5 Å². The standard InChI is InChI=1S/C14H20O/c1-5-11(4)13-12(10(2)3)6-7-14(13)8-9-15-14/h2,4-9H2,1,3H3. The molecule has 0 aromatic rings. The van der Waals surface area contributed by atoms with Crippen molar-refractivity contribution < 1.29 is 4.74 Å². The van der Waals surface area contributed by atoms with Crippen molar-refractivity contribution in [1.82, 2.24) is 0 Å². The van der Waals surface area contributed by atoms with Crippen molar-refractivity contribution in [2.75, 3.05) is 6.61 Å². The van der Waals surface area contributed by atoms with Crippen LogP contribution in [0.25, 0.3) is 0 Å². The topological polar surface area (TPSA) is 9.23 Å². The first-order chi connectivity index (χ1) is 7.10. The molecule has 1 fully saturated rings. The first-order valence-electron chi connectivity index (χ1n) is 5.82. The predicted octanol–water partition coefficient (Wildman–Crippen LogP) is 3.78. The van der Waals surface area contributed by atoms with Crippen LogP contribution >= 0.6 is 0 Å². The summed E-state index contributed by atoms with van der Waals surface area (Å²) in [7, 11) is 0. The van der Waals surface area contributed by atoms with E-state index >= 15 is 0 Å². The number of hydrogen-bond acceptors (Lipinski definition) is 1. The molecule has 1 aliphatic heterocycles. The van der Waals surface area contributed by atoms with Gasteiger partial charge in [0.2, 0.25) is 0 Å². The summed E-state index contributed by atoms with van der Waals surface area (Å²) in [6, 6.07) is 0. The third kappa shape index (κ3) is 1.50. The molecular weight excluding hydrogens is 184 g/mol. The van der Waals surface area contributed by atoms with E-state index in [1.54, 1.807) is 0 Å². The maximum atomic E-state index is 5.84. The van der Waals surface area contributed by atoms with Crippen LogP contribution in [0.3, 0.4) is 0 Å². The van der Waals surface area contributed by atoms with E-state index in [-0.39, 0.29) is 5.60 Å². The molecule has 0 N–H and O–H groups in total. The summed E-state index contributed by atoms with van der Waals surface area (Å²) in [5.41, 5.74) is 5.24. The monoisotopic (exact) mass is 204 g/mol. The van der Waals surface area contributed by atoms with Crippen molar-refractivity contribution in [3.8, 4) is 0 Å². The van der Waals surface area contributed by atoms with E-state index in [2.05, 4.69) is 27.0 Å². The van der Waals surface area contributed by atoms with E-state index < -0.39 is 0 Å². The van der Waals surface area contributed by atoms with Gasteiger partial charge in [-0.1, -0.05) is 25.7 Å². The average Bonchev–Trinajstić information content (AvgIpc) is 2.55. The van der Waals surface area contributed by atoms with E-state index in [0.717, 1.165) is 32.3 Å². The molecule has 1 nitrogen and oxygen atoms in total. The van der Waals surface area contributed by atoms with Gasteiger partial charge in [0.25, 0.3) is 0 Å². The molecular formula is C14H20O. The largest absolute Gasteiger partial charge is 0.370 e. The van der Waals surface area contributed by atoms with Crippen molar-refractivity contribution in [3.63, 3.8) is 0 Å². The minimum atomic E-state index is 0.0291. The Morgan fingerprint density at radius 1 is 1.40 bits per heavy atom. The lowest BCUT2D eigenvalue weighted by Gasteiger charge is -2.42. The smallest absolute Gasteiger partial charge is 0.0961 e. The highest BCUT2D eigenvalue weighted by atomic mass is 16.5. The lowest BCUT2D eigenvalue weighted by molar-refractivity contribution is -0.117. The highest BCUT2D eigenvalue weighted by Gasteiger charge is 2.47. The molecule has 2 aliphatic rings. The van der Waals surface area contributed by atoms with Gasteiger partial charge in [0, 0.05) is 6.42 Å². The van der Waals surface area contributed by atoms with Crippen LogP contribution in [0.15, 0.2) is 35.5 Å². The van der Waals surface area contributed by atoms with Gasteiger partial charge >= 0.3 is 0 Å². The van der Waals surface area contributed by atoms with Crippen LogP contribution in [0.4, 0.5) is 0 Å². The highest BCUT2D eigenvalue weighted by Crippen LogP contribution is 2.50. The predicted molar refractivity (Wildman–Crippen MR) is 63.8 cm³/mol. The number of ether oxygens (including phenoxy) is 1. The Morgan fingerprint density at radius 2 is 2.07 bits per heavy atom. The van der Waals surface area contributed by atoms with Crippen molar-refractivity contribution in [3.05, 3.63) is 35.5 Å². The number of rotatable bonds is 3. The fourth-order valence-electron chi connectivity index (χ4n) is 2.73. The van der Waals surface area contributed by atoms with Crippen molar-refractivity contribution in [1.29, 1.82) is 0 Å². The second-order valence-corrected chi connectivity index (χ2v) is 4.68. The summed E-state index contributed by atoms with van der Waals surface area (Å²) < 4.78 is 5.84. The molecule has 0 saturated carbocycles. The van der Waals surface area contributed by atoms with E-state index in [1.165, 1.54) is 22.3 Å². The zero-order valence-corrected chi connectivity index (χ0v) is 9.86. The zero-order chi connectivity index (χ0) is 11.1. The van der Waals surface area contributed by atoms with Gasteiger partial charge < -0.3 is 4.74 Å². The SMILES string of the molecule is C=C(C)C1=C(C(=C)CC)C2(CCO2)CC1. The normalized spacial score (nSPS) is 29.5. The van der Waals surface area contributed by atoms with Gasteiger partial charge in [0.05, 0.1) is 12.2 Å². The second kappa shape index (κ2) is 3.64. The van der Waals surface area contributed by atoms with Crippen LogP contribution < -0.4 is 0 Å². The lowest BCUT2D eigenvalue weighted by Crippen LogP contribution is -2.43. The Hall–Kier alpha value is -0.820. The van der Waals surface area contributed by atoms with Gasteiger partial charge in [-0.3, -0.25) is 0 Å². The summed E-state index contributed by atoms with van der Waals surface area (Å²) in [4.78, 5) is 0. The fourth-order valence-corrected chi connectivity index (χ4v) is 2.73. The van der Waals surface area contributed by atoms with Gasteiger partial charge in [0.1, 0.15) is 0 Å².